The molecule has 5 rings (SSSR count). The fourth-order valence-corrected chi connectivity index (χ4v) is 5.27. The third-order valence-corrected chi connectivity index (χ3v) is 7.21. The number of rotatable bonds is 6. The van der Waals surface area contributed by atoms with Gasteiger partial charge in [-0.3, -0.25) is 0 Å². The second kappa shape index (κ2) is 8.98. The lowest BCUT2D eigenvalue weighted by Crippen LogP contribution is -2.29. The molecule has 1 N–H and O–H groups in total. The summed E-state index contributed by atoms with van der Waals surface area (Å²) in [6.07, 6.45) is 7.66. The molecule has 3 atom stereocenters. The van der Waals surface area contributed by atoms with Gasteiger partial charge in [0.15, 0.2) is 0 Å². The lowest BCUT2D eigenvalue weighted by atomic mass is 9.77. The summed E-state index contributed by atoms with van der Waals surface area (Å²) in [6, 6.07) is 23.0. The lowest BCUT2D eigenvalue weighted by Gasteiger charge is -2.38. The summed E-state index contributed by atoms with van der Waals surface area (Å²) in [5.74, 6) is 1.70. The van der Waals surface area contributed by atoms with Crippen LogP contribution in [0.4, 0.5) is 5.69 Å². The Bertz CT molecular complexity index is 1100. The highest BCUT2D eigenvalue weighted by Gasteiger charge is 2.39. The van der Waals surface area contributed by atoms with Gasteiger partial charge in [-0.25, -0.2) is 0 Å². The first-order valence-electron chi connectivity index (χ1n) is 10.9. The van der Waals surface area contributed by atoms with Crippen molar-refractivity contribution in [2.45, 2.75) is 31.2 Å². The van der Waals surface area contributed by atoms with Crippen LogP contribution in [0.25, 0.3) is 0 Å². The summed E-state index contributed by atoms with van der Waals surface area (Å²) in [7, 11) is 0. The number of hydrogen-bond acceptors (Lipinski definition) is 2. The highest BCUT2D eigenvalue weighted by atomic mass is 35.5. The highest BCUT2D eigenvalue weighted by molar-refractivity contribution is 6.42. The van der Waals surface area contributed by atoms with Crippen molar-refractivity contribution in [3.05, 3.63) is 106 Å². The Hall–Kier alpha value is -2.42. The van der Waals surface area contributed by atoms with Gasteiger partial charge < -0.3 is 10.1 Å². The SMILES string of the molecule is Clc1cccc(C2Nc3ccc(OCCCc4ccccc4)cc3C3C=CCC32)c1Cl. The van der Waals surface area contributed by atoms with Crippen LogP contribution in [0, 0.1) is 5.92 Å². The molecule has 0 fully saturated rings. The summed E-state index contributed by atoms with van der Waals surface area (Å²) in [6.45, 7) is 0.714. The number of aryl methyl sites for hydroxylation is 1. The van der Waals surface area contributed by atoms with E-state index in [-0.39, 0.29) is 6.04 Å². The van der Waals surface area contributed by atoms with E-state index in [0.717, 1.165) is 36.3 Å². The van der Waals surface area contributed by atoms with Crippen molar-refractivity contribution in [2.24, 2.45) is 5.92 Å². The smallest absolute Gasteiger partial charge is 0.119 e. The van der Waals surface area contributed by atoms with Gasteiger partial charge in [-0.2, -0.15) is 0 Å². The van der Waals surface area contributed by atoms with Crippen molar-refractivity contribution in [2.75, 3.05) is 11.9 Å². The van der Waals surface area contributed by atoms with E-state index in [1.54, 1.807) is 0 Å². The van der Waals surface area contributed by atoms with Crippen LogP contribution < -0.4 is 10.1 Å². The topological polar surface area (TPSA) is 21.3 Å². The van der Waals surface area contributed by atoms with E-state index >= 15 is 0 Å². The summed E-state index contributed by atoms with van der Waals surface area (Å²) < 4.78 is 6.10. The zero-order valence-electron chi connectivity index (χ0n) is 17.2. The zero-order valence-corrected chi connectivity index (χ0v) is 18.7. The first-order chi connectivity index (χ1) is 15.2. The first-order valence-corrected chi connectivity index (χ1v) is 11.6. The molecule has 2 aliphatic rings. The van der Waals surface area contributed by atoms with E-state index < -0.39 is 0 Å². The van der Waals surface area contributed by atoms with Crippen molar-refractivity contribution in [3.8, 4) is 5.75 Å². The van der Waals surface area contributed by atoms with E-state index in [9.17, 15) is 0 Å². The number of halogens is 2. The molecule has 1 aliphatic heterocycles. The van der Waals surface area contributed by atoms with Gasteiger partial charge >= 0.3 is 0 Å². The summed E-state index contributed by atoms with van der Waals surface area (Å²) in [5.41, 5.74) is 4.87. The molecule has 2 nitrogen and oxygen atoms in total. The van der Waals surface area contributed by atoms with Crippen LogP contribution in [0.2, 0.25) is 10.0 Å². The second-order valence-electron chi connectivity index (χ2n) is 8.31. The monoisotopic (exact) mass is 449 g/mol. The van der Waals surface area contributed by atoms with Gasteiger partial charge in [-0.15, -0.1) is 0 Å². The van der Waals surface area contributed by atoms with Crippen LogP contribution >= 0.6 is 23.2 Å². The normalized spacial score (nSPS) is 21.3. The van der Waals surface area contributed by atoms with Crippen molar-refractivity contribution < 1.29 is 4.74 Å². The van der Waals surface area contributed by atoms with Gasteiger partial charge in [0, 0.05) is 11.6 Å². The molecule has 31 heavy (non-hydrogen) atoms. The maximum Gasteiger partial charge on any atom is 0.119 e. The number of hydrogen-bond donors (Lipinski definition) is 1. The molecule has 0 amide bonds. The van der Waals surface area contributed by atoms with Crippen molar-refractivity contribution in [3.63, 3.8) is 0 Å². The number of ether oxygens (including phenoxy) is 1. The average molecular weight is 450 g/mol. The maximum absolute atomic E-state index is 6.57. The zero-order chi connectivity index (χ0) is 21.2. The average Bonchev–Trinajstić information content (AvgIpc) is 3.29. The molecule has 1 heterocycles. The van der Waals surface area contributed by atoms with Gasteiger partial charge in [-0.1, -0.05) is 77.8 Å². The molecule has 3 aromatic rings. The molecule has 0 saturated heterocycles. The Morgan fingerprint density at radius 2 is 1.81 bits per heavy atom. The molecule has 4 heteroatoms. The van der Waals surface area contributed by atoms with Gasteiger partial charge in [0.2, 0.25) is 0 Å². The largest absolute Gasteiger partial charge is 0.494 e. The molecular formula is C27H25Cl2NO. The quantitative estimate of drug-likeness (QED) is 0.305. The van der Waals surface area contributed by atoms with Crippen LogP contribution in [0.3, 0.4) is 0 Å². The minimum absolute atomic E-state index is 0.136. The lowest BCUT2D eigenvalue weighted by molar-refractivity contribution is 0.310. The van der Waals surface area contributed by atoms with Crippen molar-refractivity contribution in [1.82, 2.24) is 0 Å². The first kappa shape index (κ1) is 20.5. The van der Waals surface area contributed by atoms with Crippen LogP contribution in [0.15, 0.2) is 78.9 Å². The Morgan fingerprint density at radius 1 is 0.935 bits per heavy atom. The molecule has 0 bridgehead atoms. The number of benzene rings is 3. The molecule has 0 spiro atoms. The number of fused-ring (bicyclic) bond motifs is 3. The molecule has 0 aromatic heterocycles. The van der Waals surface area contributed by atoms with Crippen LogP contribution in [-0.4, -0.2) is 6.61 Å². The van der Waals surface area contributed by atoms with E-state index in [1.807, 2.05) is 12.1 Å². The van der Waals surface area contributed by atoms with E-state index in [4.69, 9.17) is 27.9 Å². The third kappa shape index (κ3) is 4.20. The predicted octanol–water partition coefficient (Wildman–Crippen LogP) is 7.83. The Morgan fingerprint density at radius 3 is 2.68 bits per heavy atom. The molecule has 0 saturated carbocycles. The molecule has 158 valence electrons. The standard InChI is InChI=1S/C27H25Cl2NO/c28-24-13-5-12-22(26(24)29)27-21-11-4-10-20(21)23-17-19(14-15-25(23)30-27)31-16-6-9-18-7-2-1-3-8-18/h1-5,7-8,10,12-15,17,20-21,27,30H,6,9,11,16H2. The van der Waals surface area contributed by atoms with Gasteiger partial charge in [-0.05, 0) is 66.1 Å². The van der Waals surface area contributed by atoms with E-state index in [1.165, 1.54) is 11.1 Å². The van der Waals surface area contributed by atoms with Gasteiger partial charge in [0.05, 0.1) is 22.7 Å². The summed E-state index contributed by atoms with van der Waals surface area (Å²) >= 11 is 12.9. The third-order valence-electron chi connectivity index (χ3n) is 6.37. The predicted molar refractivity (Wildman–Crippen MR) is 130 cm³/mol. The van der Waals surface area contributed by atoms with Crippen LogP contribution in [-0.2, 0) is 6.42 Å². The number of nitrogens with one attached hydrogen (secondary N) is 1. The van der Waals surface area contributed by atoms with Crippen LogP contribution in [0.5, 0.6) is 5.75 Å². The molecule has 1 aliphatic carbocycles. The molecule has 3 unspecified atom stereocenters. The Kier molecular flexibility index (Phi) is 5.93. The van der Waals surface area contributed by atoms with Crippen molar-refractivity contribution in [1.29, 1.82) is 0 Å². The number of anilines is 1. The highest BCUT2D eigenvalue weighted by Crippen LogP contribution is 2.51. The minimum atomic E-state index is 0.136. The maximum atomic E-state index is 6.57. The number of allylic oxidation sites excluding steroid dienone is 2. The summed E-state index contributed by atoms with van der Waals surface area (Å²) in [4.78, 5) is 0. The second-order valence-corrected chi connectivity index (χ2v) is 9.09. The van der Waals surface area contributed by atoms with Gasteiger partial charge in [0.25, 0.3) is 0 Å². The fourth-order valence-electron chi connectivity index (χ4n) is 4.84. The fraction of sp³-hybridized carbons (Fsp3) is 0.259. The van der Waals surface area contributed by atoms with Crippen molar-refractivity contribution >= 4 is 28.9 Å². The van der Waals surface area contributed by atoms with E-state index in [2.05, 4.69) is 72.1 Å². The van der Waals surface area contributed by atoms with Crippen LogP contribution in [0.1, 0.15) is 41.5 Å². The Balaban J connectivity index is 1.32. The summed E-state index contributed by atoms with van der Waals surface area (Å²) in [5, 5.41) is 4.98. The molecular weight excluding hydrogens is 425 g/mol. The minimum Gasteiger partial charge on any atom is -0.494 e. The van der Waals surface area contributed by atoms with Gasteiger partial charge in [0.1, 0.15) is 5.75 Å². The molecule has 3 aromatic carbocycles. The van der Waals surface area contributed by atoms with E-state index in [0.29, 0.717) is 28.5 Å². The molecule has 0 radical (unpaired) electrons. The Labute approximate surface area is 193 Å².